The number of amides is 1. The minimum atomic E-state index is -0.470. The standard InChI is InChI=1S/C17H16N2O5S/c1-11-9-12(17(21)24-2)3-8-15(11)18-16(20)10-25-14-6-4-13(5-7-14)19(22)23/h3-9H,10H2,1-2H3,(H,18,20). The fraction of sp³-hybridized carbons (Fsp3) is 0.176. The van der Waals surface area contributed by atoms with Gasteiger partial charge in [-0.25, -0.2) is 4.79 Å². The molecule has 25 heavy (non-hydrogen) atoms. The van der Waals surface area contributed by atoms with Crippen molar-refractivity contribution in [3.8, 4) is 0 Å². The first kappa shape index (κ1) is 18.5. The summed E-state index contributed by atoms with van der Waals surface area (Å²) in [6.45, 7) is 1.78. The molecule has 2 rings (SSSR count). The molecule has 0 saturated heterocycles. The van der Waals surface area contributed by atoms with Crippen molar-refractivity contribution < 1.29 is 19.2 Å². The first-order valence-corrected chi connectivity index (χ1v) is 8.25. The van der Waals surface area contributed by atoms with Crippen molar-refractivity contribution in [2.45, 2.75) is 11.8 Å². The number of aryl methyl sites for hydroxylation is 1. The minimum Gasteiger partial charge on any atom is -0.465 e. The number of benzene rings is 2. The monoisotopic (exact) mass is 360 g/mol. The second-order valence-electron chi connectivity index (χ2n) is 5.11. The van der Waals surface area contributed by atoms with Gasteiger partial charge in [-0.3, -0.25) is 14.9 Å². The van der Waals surface area contributed by atoms with Gasteiger partial charge in [0.2, 0.25) is 5.91 Å². The molecule has 0 unspecified atom stereocenters. The van der Waals surface area contributed by atoms with Gasteiger partial charge in [-0.15, -0.1) is 11.8 Å². The molecule has 2 aromatic rings. The maximum absolute atomic E-state index is 12.1. The number of hydrogen-bond acceptors (Lipinski definition) is 6. The number of rotatable bonds is 6. The van der Waals surface area contributed by atoms with E-state index in [1.165, 1.54) is 31.0 Å². The van der Waals surface area contributed by atoms with Crippen LogP contribution in [0.5, 0.6) is 0 Å². The van der Waals surface area contributed by atoms with Gasteiger partial charge in [-0.05, 0) is 42.8 Å². The summed E-state index contributed by atoms with van der Waals surface area (Å²) in [7, 11) is 1.31. The molecule has 0 fully saturated rings. The van der Waals surface area contributed by atoms with Gasteiger partial charge >= 0.3 is 5.97 Å². The fourth-order valence-corrected chi connectivity index (χ4v) is 2.75. The number of hydrogen-bond donors (Lipinski definition) is 1. The number of carbonyl (C=O) groups excluding carboxylic acids is 2. The van der Waals surface area contributed by atoms with Crippen LogP contribution >= 0.6 is 11.8 Å². The molecule has 0 aromatic heterocycles. The third-order valence-electron chi connectivity index (χ3n) is 3.34. The molecule has 0 heterocycles. The molecule has 0 aliphatic rings. The Hall–Kier alpha value is -2.87. The highest BCUT2D eigenvalue weighted by atomic mass is 32.2. The van der Waals surface area contributed by atoms with E-state index in [4.69, 9.17) is 0 Å². The van der Waals surface area contributed by atoms with Gasteiger partial charge in [-0.2, -0.15) is 0 Å². The predicted octanol–water partition coefficient (Wildman–Crippen LogP) is 3.42. The number of nitrogens with one attached hydrogen (secondary N) is 1. The molecular formula is C17H16N2O5S. The van der Waals surface area contributed by atoms with Crippen LogP contribution in [0.25, 0.3) is 0 Å². The second-order valence-corrected chi connectivity index (χ2v) is 6.16. The van der Waals surface area contributed by atoms with Crippen molar-refractivity contribution in [1.82, 2.24) is 0 Å². The Kier molecular flexibility index (Phi) is 6.13. The van der Waals surface area contributed by atoms with Crippen LogP contribution in [0.2, 0.25) is 0 Å². The quantitative estimate of drug-likeness (QED) is 0.367. The van der Waals surface area contributed by atoms with E-state index in [-0.39, 0.29) is 17.3 Å². The Morgan fingerprint density at radius 2 is 1.88 bits per heavy atom. The molecule has 0 spiro atoms. The van der Waals surface area contributed by atoms with Crippen LogP contribution in [0.15, 0.2) is 47.4 Å². The van der Waals surface area contributed by atoms with Gasteiger partial charge in [0.15, 0.2) is 0 Å². The van der Waals surface area contributed by atoms with Crippen molar-refractivity contribution in [1.29, 1.82) is 0 Å². The van der Waals surface area contributed by atoms with Crippen LogP contribution in [0.4, 0.5) is 11.4 Å². The normalized spacial score (nSPS) is 10.2. The van der Waals surface area contributed by atoms with E-state index in [1.807, 2.05) is 0 Å². The van der Waals surface area contributed by atoms with E-state index >= 15 is 0 Å². The maximum Gasteiger partial charge on any atom is 0.337 e. The average molecular weight is 360 g/mol. The molecular weight excluding hydrogens is 344 g/mol. The van der Waals surface area contributed by atoms with Crippen molar-refractivity contribution in [3.05, 3.63) is 63.7 Å². The molecule has 0 aliphatic heterocycles. The van der Waals surface area contributed by atoms with Crippen LogP contribution in [-0.2, 0) is 9.53 Å². The third-order valence-corrected chi connectivity index (χ3v) is 4.35. The van der Waals surface area contributed by atoms with E-state index in [2.05, 4.69) is 10.1 Å². The Balaban J connectivity index is 1.94. The number of nitrogens with zero attached hydrogens (tertiary/aromatic N) is 1. The summed E-state index contributed by atoms with van der Waals surface area (Å²) < 4.78 is 4.65. The van der Waals surface area contributed by atoms with Gasteiger partial charge in [0.25, 0.3) is 5.69 Å². The fourth-order valence-electron chi connectivity index (χ4n) is 2.05. The number of nitro benzene ring substituents is 1. The van der Waals surface area contributed by atoms with E-state index in [0.717, 1.165) is 10.5 Å². The molecule has 1 amide bonds. The van der Waals surface area contributed by atoms with Gasteiger partial charge in [0, 0.05) is 22.7 Å². The topological polar surface area (TPSA) is 98.5 Å². The molecule has 7 nitrogen and oxygen atoms in total. The molecule has 0 bridgehead atoms. The zero-order valence-electron chi connectivity index (χ0n) is 13.6. The first-order chi connectivity index (χ1) is 11.9. The highest BCUT2D eigenvalue weighted by Crippen LogP contribution is 2.22. The smallest absolute Gasteiger partial charge is 0.337 e. The summed E-state index contributed by atoms with van der Waals surface area (Å²) >= 11 is 1.28. The van der Waals surface area contributed by atoms with Crippen molar-refractivity contribution >= 4 is 35.0 Å². The average Bonchev–Trinajstić information content (AvgIpc) is 2.61. The molecule has 0 saturated carbocycles. The number of anilines is 1. The Labute approximate surface area is 148 Å². The lowest BCUT2D eigenvalue weighted by molar-refractivity contribution is -0.384. The highest BCUT2D eigenvalue weighted by molar-refractivity contribution is 8.00. The van der Waals surface area contributed by atoms with Crippen molar-refractivity contribution in [2.24, 2.45) is 0 Å². The van der Waals surface area contributed by atoms with E-state index in [1.54, 1.807) is 37.3 Å². The van der Waals surface area contributed by atoms with E-state index in [0.29, 0.717) is 11.3 Å². The van der Waals surface area contributed by atoms with Gasteiger partial charge in [-0.1, -0.05) is 0 Å². The summed E-state index contributed by atoms with van der Waals surface area (Å²) in [5.74, 6) is -0.484. The summed E-state index contributed by atoms with van der Waals surface area (Å²) in [5.41, 5.74) is 1.78. The van der Waals surface area contributed by atoms with Gasteiger partial charge in [0.1, 0.15) is 0 Å². The van der Waals surface area contributed by atoms with Crippen LogP contribution in [0.3, 0.4) is 0 Å². The number of esters is 1. The number of thioether (sulfide) groups is 1. The molecule has 130 valence electrons. The van der Waals surface area contributed by atoms with Crippen LogP contribution in [0.1, 0.15) is 15.9 Å². The largest absolute Gasteiger partial charge is 0.465 e. The summed E-state index contributed by atoms with van der Waals surface area (Å²) in [5, 5.41) is 13.4. The summed E-state index contributed by atoms with van der Waals surface area (Å²) in [4.78, 5) is 34.4. The van der Waals surface area contributed by atoms with E-state index in [9.17, 15) is 19.7 Å². The molecule has 8 heteroatoms. The molecule has 1 N–H and O–H groups in total. The predicted molar refractivity (Wildman–Crippen MR) is 95.0 cm³/mol. The Morgan fingerprint density at radius 1 is 1.20 bits per heavy atom. The third kappa shape index (κ3) is 5.05. The molecule has 0 aliphatic carbocycles. The molecule has 2 aromatic carbocycles. The zero-order chi connectivity index (χ0) is 18.4. The van der Waals surface area contributed by atoms with Crippen molar-refractivity contribution in [3.63, 3.8) is 0 Å². The minimum absolute atomic E-state index is 0.00937. The highest BCUT2D eigenvalue weighted by Gasteiger charge is 2.10. The van der Waals surface area contributed by atoms with Crippen LogP contribution < -0.4 is 5.32 Å². The Morgan fingerprint density at radius 3 is 2.44 bits per heavy atom. The first-order valence-electron chi connectivity index (χ1n) is 7.27. The number of non-ortho nitro benzene ring substituents is 1. The molecule has 0 atom stereocenters. The lowest BCUT2D eigenvalue weighted by Crippen LogP contribution is -2.15. The SMILES string of the molecule is COC(=O)c1ccc(NC(=O)CSc2ccc([N+](=O)[O-])cc2)c(C)c1. The Bertz CT molecular complexity index is 805. The summed E-state index contributed by atoms with van der Waals surface area (Å²) in [6.07, 6.45) is 0. The molecule has 0 radical (unpaired) electrons. The second kappa shape index (κ2) is 8.29. The number of carbonyl (C=O) groups is 2. The van der Waals surface area contributed by atoms with Crippen LogP contribution in [-0.4, -0.2) is 29.7 Å². The van der Waals surface area contributed by atoms with Crippen LogP contribution in [0, 0.1) is 17.0 Å². The van der Waals surface area contributed by atoms with Gasteiger partial charge in [0.05, 0.1) is 23.3 Å². The maximum atomic E-state index is 12.1. The van der Waals surface area contributed by atoms with E-state index < -0.39 is 10.9 Å². The summed E-state index contributed by atoms with van der Waals surface area (Å²) in [6, 6.07) is 10.9. The number of ether oxygens (including phenoxy) is 1. The number of nitro groups is 1. The lowest BCUT2D eigenvalue weighted by atomic mass is 10.1. The van der Waals surface area contributed by atoms with Gasteiger partial charge < -0.3 is 10.1 Å². The number of methoxy groups -OCH3 is 1. The lowest BCUT2D eigenvalue weighted by Gasteiger charge is -2.09. The van der Waals surface area contributed by atoms with Crippen molar-refractivity contribution in [2.75, 3.05) is 18.2 Å². The zero-order valence-corrected chi connectivity index (χ0v) is 14.5.